The van der Waals surface area contributed by atoms with Gasteiger partial charge in [0.05, 0.1) is 22.4 Å². The summed E-state index contributed by atoms with van der Waals surface area (Å²) >= 11 is 1.60. The second kappa shape index (κ2) is 4.27. The zero-order valence-electron chi connectivity index (χ0n) is 10.1. The molecule has 0 aliphatic carbocycles. The number of thiophene rings is 1. The lowest BCUT2D eigenvalue weighted by Gasteiger charge is -2.25. The van der Waals surface area contributed by atoms with Crippen molar-refractivity contribution in [2.75, 3.05) is 11.4 Å². The number of hydrogen-bond acceptors (Lipinski definition) is 4. The molecule has 1 fully saturated rings. The fourth-order valence-electron chi connectivity index (χ4n) is 2.65. The predicted octanol–water partition coefficient (Wildman–Crippen LogP) is 2.73. The summed E-state index contributed by atoms with van der Waals surface area (Å²) in [6.45, 7) is 2.92. The number of nitriles is 1. The van der Waals surface area contributed by atoms with E-state index in [1.807, 2.05) is 24.4 Å². The Morgan fingerprint density at radius 1 is 1.44 bits per heavy atom. The van der Waals surface area contributed by atoms with E-state index in [0.29, 0.717) is 0 Å². The molecule has 3 nitrogen and oxygen atoms in total. The lowest BCUT2D eigenvalue weighted by molar-refractivity contribution is 0.170. The summed E-state index contributed by atoms with van der Waals surface area (Å²) < 4.78 is 1.04. The van der Waals surface area contributed by atoms with Crippen molar-refractivity contribution in [3.8, 4) is 6.07 Å². The fourth-order valence-corrected chi connectivity index (χ4v) is 3.53. The molecule has 18 heavy (non-hydrogen) atoms. The number of anilines is 1. The van der Waals surface area contributed by atoms with E-state index < -0.39 is 0 Å². The molecule has 2 atom stereocenters. The molecule has 1 aliphatic heterocycles. The maximum Gasteiger partial charge on any atom is 0.101 e. The van der Waals surface area contributed by atoms with Crippen molar-refractivity contribution in [2.45, 2.75) is 25.5 Å². The van der Waals surface area contributed by atoms with E-state index in [9.17, 15) is 5.11 Å². The number of benzene rings is 1. The molecule has 0 saturated carbocycles. The van der Waals surface area contributed by atoms with Crippen LogP contribution in [0.1, 0.15) is 18.9 Å². The molecule has 1 aromatic carbocycles. The van der Waals surface area contributed by atoms with Gasteiger partial charge >= 0.3 is 0 Å². The van der Waals surface area contributed by atoms with Gasteiger partial charge in [-0.05, 0) is 36.9 Å². The summed E-state index contributed by atoms with van der Waals surface area (Å²) in [4.78, 5) is 2.24. The molecule has 0 amide bonds. The van der Waals surface area contributed by atoms with Gasteiger partial charge in [-0.1, -0.05) is 0 Å². The first-order valence-corrected chi connectivity index (χ1v) is 6.95. The van der Waals surface area contributed by atoms with E-state index in [2.05, 4.69) is 17.0 Å². The number of fused-ring (bicyclic) bond motifs is 1. The van der Waals surface area contributed by atoms with Crippen LogP contribution in [0.15, 0.2) is 23.6 Å². The van der Waals surface area contributed by atoms with Crippen molar-refractivity contribution in [2.24, 2.45) is 0 Å². The van der Waals surface area contributed by atoms with Gasteiger partial charge in [0.15, 0.2) is 0 Å². The summed E-state index contributed by atoms with van der Waals surface area (Å²) in [5.74, 6) is 0. The lowest BCUT2D eigenvalue weighted by atomic mass is 10.1. The van der Waals surface area contributed by atoms with Crippen LogP contribution in [0.5, 0.6) is 0 Å². The van der Waals surface area contributed by atoms with Gasteiger partial charge in [0.25, 0.3) is 0 Å². The predicted molar refractivity (Wildman–Crippen MR) is 74.0 cm³/mol. The van der Waals surface area contributed by atoms with Crippen molar-refractivity contribution >= 4 is 27.1 Å². The standard InChI is InChI=1S/C14H14N2OS/c1-9-13(17)4-6-16(9)12-3-2-10(8-15)14-11(12)5-7-18-14/h2-3,5,7,9,13,17H,4,6H2,1H3. The summed E-state index contributed by atoms with van der Waals surface area (Å²) in [5, 5.41) is 22.1. The highest BCUT2D eigenvalue weighted by atomic mass is 32.1. The molecule has 1 N–H and O–H groups in total. The maximum absolute atomic E-state index is 9.86. The Hall–Kier alpha value is -1.57. The smallest absolute Gasteiger partial charge is 0.101 e. The average Bonchev–Trinajstić information content (AvgIpc) is 2.98. The molecule has 1 aromatic heterocycles. The molecule has 92 valence electrons. The van der Waals surface area contributed by atoms with Gasteiger partial charge in [-0.2, -0.15) is 5.26 Å². The average molecular weight is 258 g/mol. The lowest BCUT2D eigenvalue weighted by Crippen LogP contribution is -2.32. The van der Waals surface area contributed by atoms with Crippen molar-refractivity contribution in [1.82, 2.24) is 0 Å². The second-order valence-electron chi connectivity index (χ2n) is 4.70. The maximum atomic E-state index is 9.86. The number of aliphatic hydroxyl groups excluding tert-OH is 1. The zero-order valence-corrected chi connectivity index (χ0v) is 10.9. The Kier molecular flexibility index (Phi) is 2.73. The zero-order chi connectivity index (χ0) is 12.7. The molecule has 0 spiro atoms. The van der Waals surface area contributed by atoms with E-state index in [0.717, 1.165) is 34.3 Å². The van der Waals surface area contributed by atoms with Crippen LogP contribution in [-0.2, 0) is 0 Å². The van der Waals surface area contributed by atoms with Crippen molar-refractivity contribution in [3.63, 3.8) is 0 Å². The van der Waals surface area contributed by atoms with Gasteiger partial charge in [0.2, 0.25) is 0 Å². The van der Waals surface area contributed by atoms with E-state index in [1.165, 1.54) is 0 Å². The number of rotatable bonds is 1. The van der Waals surface area contributed by atoms with E-state index in [4.69, 9.17) is 5.26 Å². The highest BCUT2D eigenvalue weighted by Crippen LogP contribution is 2.36. The third-order valence-electron chi connectivity index (χ3n) is 3.74. The number of hydrogen-bond donors (Lipinski definition) is 1. The number of nitrogens with zero attached hydrogens (tertiary/aromatic N) is 2. The number of aliphatic hydroxyl groups is 1. The largest absolute Gasteiger partial charge is 0.391 e. The Labute approximate surface area is 110 Å². The molecule has 0 bridgehead atoms. The van der Waals surface area contributed by atoms with Gasteiger partial charge in [-0.25, -0.2) is 0 Å². The Morgan fingerprint density at radius 2 is 2.28 bits per heavy atom. The van der Waals surface area contributed by atoms with Crippen LogP contribution in [0.3, 0.4) is 0 Å². The van der Waals surface area contributed by atoms with Crippen molar-refractivity contribution in [3.05, 3.63) is 29.1 Å². The summed E-state index contributed by atoms with van der Waals surface area (Å²) in [5.41, 5.74) is 1.87. The third-order valence-corrected chi connectivity index (χ3v) is 4.69. The van der Waals surface area contributed by atoms with Crippen molar-refractivity contribution in [1.29, 1.82) is 5.26 Å². The molecular formula is C14H14N2OS. The van der Waals surface area contributed by atoms with E-state index in [1.54, 1.807) is 11.3 Å². The molecule has 1 aliphatic rings. The first kappa shape index (κ1) is 11.5. The minimum Gasteiger partial charge on any atom is -0.391 e. The minimum atomic E-state index is -0.255. The van der Waals surface area contributed by atoms with E-state index in [-0.39, 0.29) is 12.1 Å². The molecule has 2 heterocycles. The van der Waals surface area contributed by atoms with Crippen LogP contribution >= 0.6 is 11.3 Å². The Bertz CT molecular complexity index is 628. The normalized spacial score (nSPS) is 23.5. The second-order valence-corrected chi connectivity index (χ2v) is 5.61. The van der Waals surface area contributed by atoms with Crippen LogP contribution in [-0.4, -0.2) is 23.8 Å². The highest BCUT2D eigenvalue weighted by Gasteiger charge is 2.30. The molecule has 2 unspecified atom stereocenters. The topological polar surface area (TPSA) is 47.3 Å². The van der Waals surface area contributed by atoms with Gasteiger partial charge < -0.3 is 10.0 Å². The van der Waals surface area contributed by atoms with Gasteiger partial charge in [0.1, 0.15) is 6.07 Å². The Morgan fingerprint density at radius 3 is 2.94 bits per heavy atom. The summed E-state index contributed by atoms with van der Waals surface area (Å²) in [6, 6.07) is 8.32. The van der Waals surface area contributed by atoms with Gasteiger partial charge in [-0.3, -0.25) is 0 Å². The minimum absolute atomic E-state index is 0.140. The molecule has 1 saturated heterocycles. The molecule has 2 aromatic rings. The Balaban J connectivity index is 2.14. The van der Waals surface area contributed by atoms with Gasteiger partial charge in [0, 0.05) is 17.6 Å². The van der Waals surface area contributed by atoms with Crippen LogP contribution in [0.2, 0.25) is 0 Å². The highest BCUT2D eigenvalue weighted by molar-refractivity contribution is 7.17. The van der Waals surface area contributed by atoms with Crippen LogP contribution in [0.25, 0.3) is 10.1 Å². The summed E-state index contributed by atoms with van der Waals surface area (Å²) in [7, 11) is 0. The quantitative estimate of drug-likeness (QED) is 0.855. The molecule has 0 radical (unpaired) electrons. The van der Waals surface area contributed by atoms with Crippen LogP contribution < -0.4 is 4.90 Å². The van der Waals surface area contributed by atoms with Gasteiger partial charge in [-0.15, -0.1) is 11.3 Å². The molecule has 4 heteroatoms. The first-order valence-electron chi connectivity index (χ1n) is 6.07. The molecule has 3 rings (SSSR count). The van der Waals surface area contributed by atoms with Crippen LogP contribution in [0.4, 0.5) is 5.69 Å². The summed E-state index contributed by atoms with van der Waals surface area (Å²) in [6.07, 6.45) is 0.557. The monoisotopic (exact) mass is 258 g/mol. The first-order chi connectivity index (χ1) is 8.72. The van der Waals surface area contributed by atoms with Crippen molar-refractivity contribution < 1.29 is 5.11 Å². The van der Waals surface area contributed by atoms with Crippen LogP contribution in [0, 0.1) is 11.3 Å². The molecular weight excluding hydrogens is 244 g/mol. The van der Waals surface area contributed by atoms with E-state index >= 15 is 0 Å². The fraction of sp³-hybridized carbons (Fsp3) is 0.357. The third kappa shape index (κ3) is 1.59. The SMILES string of the molecule is CC1C(O)CCN1c1ccc(C#N)c2sccc12.